The van der Waals surface area contributed by atoms with Crippen molar-refractivity contribution in [2.75, 3.05) is 32.3 Å². The number of benzene rings is 1. The van der Waals surface area contributed by atoms with E-state index in [1.807, 2.05) is 0 Å². The predicted molar refractivity (Wildman–Crippen MR) is 140 cm³/mol. The van der Waals surface area contributed by atoms with Gasteiger partial charge in [0.15, 0.2) is 5.78 Å². The van der Waals surface area contributed by atoms with Crippen LogP contribution in [0.25, 0.3) is 10.2 Å². The molecule has 0 spiro atoms. The molecular formula is C25H27FN4O7S. The van der Waals surface area contributed by atoms with Crippen LogP contribution in [0.15, 0.2) is 32.8 Å². The number of carbonyl (C=O) groups excluding carboxylic acids is 2. The van der Waals surface area contributed by atoms with Gasteiger partial charge < -0.3 is 14.2 Å². The van der Waals surface area contributed by atoms with Gasteiger partial charge in [-0.15, -0.1) is 11.3 Å². The van der Waals surface area contributed by atoms with Crippen molar-refractivity contribution >= 4 is 39.3 Å². The number of rotatable bonds is 6. The van der Waals surface area contributed by atoms with Crippen LogP contribution in [0, 0.1) is 12.7 Å². The number of carbonyl (C=O) groups is 2. The van der Waals surface area contributed by atoms with E-state index in [0.29, 0.717) is 34.2 Å². The highest BCUT2D eigenvalue weighted by Crippen LogP contribution is 2.30. The fourth-order valence-corrected chi connectivity index (χ4v) is 5.21. The summed E-state index contributed by atoms with van der Waals surface area (Å²) in [5, 5.41) is 0.872. The molecule has 0 atom stereocenters. The number of hydrogen-bond donors (Lipinski definition) is 0. The number of methoxy groups -OCH3 is 1. The summed E-state index contributed by atoms with van der Waals surface area (Å²) in [6, 6.07) is 3.47. The predicted octanol–water partition coefficient (Wildman–Crippen LogP) is 2.84. The van der Waals surface area contributed by atoms with E-state index in [4.69, 9.17) is 14.2 Å². The average molecular weight is 547 g/mol. The summed E-state index contributed by atoms with van der Waals surface area (Å²) in [4.78, 5) is 58.5. The van der Waals surface area contributed by atoms with Gasteiger partial charge in [0, 0.05) is 7.05 Å². The molecule has 1 aliphatic heterocycles. The molecule has 202 valence electrons. The van der Waals surface area contributed by atoms with Crippen LogP contribution in [-0.4, -0.2) is 59.9 Å². The summed E-state index contributed by atoms with van der Waals surface area (Å²) in [6.45, 7) is 6.86. The zero-order chi connectivity index (χ0) is 27.9. The lowest BCUT2D eigenvalue weighted by atomic mass is 10.1. The van der Waals surface area contributed by atoms with Gasteiger partial charge in [0.25, 0.3) is 5.56 Å². The van der Waals surface area contributed by atoms with Crippen molar-refractivity contribution in [2.45, 2.75) is 39.8 Å². The standard InChI is InChI=1S/C25H27FN4O7S/c1-13-18-21(32)30(28(5)24(34)37-25(2,3)4)23(33)29(22(18)38-19(13)20-27-9-10-36-20)12-16(31)15-11-14(26)7-8-17(15)35-6/h7-8,11H,9-10,12H2,1-6H3. The van der Waals surface area contributed by atoms with E-state index < -0.39 is 41.1 Å². The molecule has 0 radical (unpaired) electrons. The van der Waals surface area contributed by atoms with Crippen LogP contribution in [0.3, 0.4) is 0 Å². The zero-order valence-electron chi connectivity index (χ0n) is 21.8. The Morgan fingerprint density at radius 2 is 1.97 bits per heavy atom. The van der Waals surface area contributed by atoms with Gasteiger partial charge >= 0.3 is 11.8 Å². The Morgan fingerprint density at radius 3 is 2.58 bits per heavy atom. The van der Waals surface area contributed by atoms with Gasteiger partial charge in [0.05, 0.1) is 36.0 Å². The van der Waals surface area contributed by atoms with Crippen LogP contribution in [0.1, 0.15) is 41.6 Å². The van der Waals surface area contributed by atoms with Gasteiger partial charge in [0.2, 0.25) is 5.90 Å². The van der Waals surface area contributed by atoms with Crippen molar-refractivity contribution < 1.29 is 28.2 Å². The number of hydrogen-bond acceptors (Lipinski definition) is 9. The second-order valence-corrected chi connectivity index (χ2v) is 10.5. The first-order chi connectivity index (χ1) is 17.8. The highest BCUT2D eigenvalue weighted by Gasteiger charge is 2.29. The van der Waals surface area contributed by atoms with Crippen molar-refractivity contribution in [1.29, 1.82) is 0 Å². The third kappa shape index (κ3) is 4.93. The number of amides is 1. The number of aliphatic imine (C=N–C) groups is 1. The zero-order valence-corrected chi connectivity index (χ0v) is 22.6. The molecule has 0 bridgehead atoms. The molecule has 3 aromatic rings. The van der Waals surface area contributed by atoms with Gasteiger partial charge in [-0.25, -0.2) is 24.0 Å². The summed E-state index contributed by atoms with van der Waals surface area (Å²) in [5.41, 5.74) is -2.23. The second-order valence-electron chi connectivity index (χ2n) is 9.53. The minimum absolute atomic E-state index is 0.0807. The third-order valence-corrected chi connectivity index (χ3v) is 7.00. The van der Waals surface area contributed by atoms with Crippen LogP contribution in [-0.2, 0) is 16.0 Å². The van der Waals surface area contributed by atoms with Crippen molar-refractivity contribution in [3.8, 4) is 5.75 Å². The van der Waals surface area contributed by atoms with Gasteiger partial charge in [0.1, 0.15) is 28.6 Å². The van der Waals surface area contributed by atoms with E-state index >= 15 is 0 Å². The van der Waals surface area contributed by atoms with Gasteiger partial charge in [-0.2, -0.15) is 4.68 Å². The molecule has 1 aliphatic rings. The molecular weight excluding hydrogens is 519 g/mol. The lowest BCUT2D eigenvalue weighted by Crippen LogP contribution is -2.54. The number of ketones is 1. The first-order valence-electron chi connectivity index (χ1n) is 11.6. The maximum atomic E-state index is 14.0. The number of aryl methyl sites for hydroxylation is 1. The van der Waals surface area contributed by atoms with Gasteiger partial charge in [-0.3, -0.25) is 14.2 Å². The molecule has 0 N–H and O–H groups in total. The fraction of sp³-hybridized carbons (Fsp3) is 0.400. The molecule has 38 heavy (non-hydrogen) atoms. The van der Waals surface area contributed by atoms with Crippen molar-refractivity contribution in [1.82, 2.24) is 9.24 Å². The normalized spacial score (nSPS) is 13.3. The maximum Gasteiger partial charge on any atom is 0.429 e. The molecule has 0 saturated heterocycles. The first-order valence-corrected chi connectivity index (χ1v) is 12.5. The highest BCUT2D eigenvalue weighted by atomic mass is 32.1. The Balaban J connectivity index is 1.95. The Labute approximate surface area is 220 Å². The van der Waals surface area contributed by atoms with Crippen LogP contribution >= 0.6 is 11.3 Å². The van der Waals surface area contributed by atoms with E-state index in [1.165, 1.54) is 20.2 Å². The molecule has 0 unspecified atom stereocenters. The van der Waals surface area contributed by atoms with Crippen LogP contribution < -0.4 is 21.0 Å². The molecule has 0 aliphatic carbocycles. The largest absolute Gasteiger partial charge is 0.496 e. The third-order valence-electron chi connectivity index (χ3n) is 5.69. The van der Waals surface area contributed by atoms with Gasteiger partial charge in [-0.1, -0.05) is 0 Å². The quantitative estimate of drug-likeness (QED) is 0.436. The van der Waals surface area contributed by atoms with Crippen LogP contribution in [0.2, 0.25) is 0 Å². The lowest BCUT2D eigenvalue weighted by molar-refractivity contribution is 0.0546. The van der Waals surface area contributed by atoms with E-state index in [0.717, 1.165) is 33.0 Å². The molecule has 1 amide bonds. The van der Waals surface area contributed by atoms with Crippen molar-refractivity contribution in [2.24, 2.45) is 4.99 Å². The Kier molecular flexibility index (Phi) is 7.15. The minimum atomic E-state index is -0.957. The van der Waals surface area contributed by atoms with Crippen molar-refractivity contribution in [3.05, 3.63) is 60.9 Å². The summed E-state index contributed by atoms with van der Waals surface area (Å²) in [6.07, 6.45) is -0.947. The van der Waals surface area contributed by atoms with E-state index in [1.54, 1.807) is 27.7 Å². The smallest absolute Gasteiger partial charge is 0.429 e. The SMILES string of the molecule is COc1ccc(F)cc1C(=O)Cn1c(=O)n(N(C)C(=O)OC(C)(C)C)c(=O)c2c(C)c(C3=NCCO3)sc21. The Bertz CT molecular complexity index is 1600. The average Bonchev–Trinajstić information content (AvgIpc) is 3.48. The molecule has 1 aromatic carbocycles. The van der Waals surface area contributed by atoms with Crippen LogP contribution in [0.4, 0.5) is 9.18 Å². The lowest BCUT2D eigenvalue weighted by Gasteiger charge is -2.25. The summed E-state index contributed by atoms with van der Waals surface area (Å²) < 4.78 is 31.8. The number of thiophene rings is 1. The fourth-order valence-electron chi connectivity index (χ4n) is 3.95. The summed E-state index contributed by atoms with van der Waals surface area (Å²) in [5.74, 6) is -0.854. The molecule has 2 aromatic heterocycles. The van der Waals surface area contributed by atoms with E-state index in [9.17, 15) is 23.6 Å². The topological polar surface area (TPSA) is 121 Å². The molecule has 13 heteroatoms. The Morgan fingerprint density at radius 1 is 1.26 bits per heavy atom. The maximum absolute atomic E-state index is 14.0. The summed E-state index contributed by atoms with van der Waals surface area (Å²) in [7, 11) is 2.55. The monoisotopic (exact) mass is 546 g/mol. The Hall–Kier alpha value is -4.00. The first kappa shape index (κ1) is 27.0. The molecule has 11 nitrogen and oxygen atoms in total. The summed E-state index contributed by atoms with van der Waals surface area (Å²) >= 11 is 1.07. The molecule has 3 heterocycles. The van der Waals surface area contributed by atoms with E-state index in [2.05, 4.69) is 4.99 Å². The second kappa shape index (κ2) is 10.0. The van der Waals surface area contributed by atoms with Crippen molar-refractivity contribution in [3.63, 3.8) is 0 Å². The highest BCUT2D eigenvalue weighted by molar-refractivity contribution is 7.20. The number of nitrogens with zero attached hydrogens (tertiary/aromatic N) is 4. The molecule has 0 saturated carbocycles. The number of Topliss-reactive ketones (excluding diaryl/α,β-unsaturated/α-hetero) is 1. The number of aromatic nitrogens is 2. The molecule has 4 rings (SSSR count). The number of ether oxygens (including phenoxy) is 3. The molecule has 0 fully saturated rings. The number of fused-ring (bicyclic) bond motifs is 1. The number of halogens is 1. The van der Waals surface area contributed by atoms with E-state index in [-0.39, 0.29) is 21.5 Å². The minimum Gasteiger partial charge on any atom is -0.496 e. The van der Waals surface area contributed by atoms with Gasteiger partial charge in [-0.05, 0) is 51.5 Å². The van der Waals surface area contributed by atoms with Crippen LogP contribution in [0.5, 0.6) is 5.75 Å².